The molecule has 4 nitrogen and oxygen atoms in total. The zero-order valence-electron chi connectivity index (χ0n) is 17.3. The van der Waals surface area contributed by atoms with Crippen molar-refractivity contribution in [1.82, 2.24) is 10.3 Å². The van der Waals surface area contributed by atoms with E-state index in [0.29, 0.717) is 6.04 Å². The smallest absolute Gasteiger partial charge is 0.164 e. The minimum Gasteiger partial charge on any atom is -0.493 e. The van der Waals surface area contributed by atoms with Gasteiger partial charge in [0.1, 0.15) is 0 Å². The molecule has 0 saturated heterocycles. The van der Waals surface area contributed by atoms with Crippen molar-refractivity contribution in [1.29, 1.82) is 0 Å². The Labute approximate surface area is 172 Å². The Balaban J connectivity index is 1.37. The van der Waals surface area contributed by atoms with Gasteiger partial charge in [0.15, 0.2) is 11.5 Å². The maximum atomic E-state index is 5.70. The van der Waals surface area contributed by atoms with Gasteiger partial charge >= 0.3 is 0 Å². The number of H-pyrrole nitrogens is 1. The van der Waals surface area contributed by atoms with Gasteiger partial charge in [0.05, 0.1) is 14.2 Å². The van der Waals surface area contributed by atoms with Crippen LogP contribution < -0.4 is 14.8 Å². The highest BCUT2D eigenvalue weighted by molar-refractivity contribution is 5.87. The Hall–Kier alpha value is -2.72. The number of benzene rings is 2. The van der Waals surface area contributed by atoms with E-state index in [4.69, 9.17) is 9.47 Å². The molecule has 1 atom stereocenters. The molecule has 0 radical (unpaired) electrons. The number of fused-ring (bicyclic) bond motifs is 1. The molecular weight excluding hydrogens is 360 g/mol. The summed E-state index contributed by atoms with van der Waals surface area (Å²) in [6.07, 6.45) is 9.91. The van der Waals surface area contributed by atoms with E-state index in [1.807, 2.05) is 12.3 Å². The number of rotatable bonds is 8. The van der Waals surface area contributed by atoms with Gasteiger partial charge in [0, 0.05) is 41.3 Å². The molecule has 2 N–H and O–H groups in total. The predicted molar refractivity (Wildman–Crippen MR) is 120 cm³/mol. The average molecular weight is 391 g/mol. The summed E-state index contributed by atoms with van der Waals surface area (Å²) >= 11 is 0. The van der Waals surface area contributed by atoms with Crippen LogP contribution >= 0.6 is 0 Å². The van der Waals surface area contributed by atoms with Gasteiger partial charge in [-0.25, -0.2) is 0 Å². The standard InChI is InChI=1S/C25H30N2O2/c1-28-24-17-23-21(13-15-27-23)22(25(24)29-2)11-7-6-10-20-16-19(12-14-26-20)18-8-4-3-5-9-18/h3-5,8-9,12-13,15,17,20,26-27H,6-7,10-11,14,16H2,1-2H3. The van der Waals surface area contributed by atoms with Crippen molar-refractivity contribution in [3.05, 3.63) is 65.9 Å². The largest absolute Gasteiger partial charge is 0.493 e. The second-order valence-corrected chi connectivity index (χ2v) is 7.68. The lowest BCUT2D eigenvalue weighted by atomic mass is 9.92. The predicted octanol–water partition coefficient (Wildman–Crippen LogP) is 5.34. The van der Waals surface area contributed by atoms with Gasteiger partial charge in [0.2, 0.25) is 0 Å². The van der Waals surface area contributed by atoms with Crippen LogP contribution in [0.25, 0.3) is 16.5 Å². The van der Waals surface area contributed by atoms with Crippen LogP contribution in [0.2, 0.25) is 0 Å². The summed E-state index contributed by atoms with van der Waals surface area (Å²) in [5.41, 5.74) is 5.17. The molecule has 0 bridgehead atoms. The number of nitrogens with one attached hydrogen (secondary N) is 2. The third kappa shape index (κ3) is 4.33. The van der Waals surface area contributed by atoms with Crippen LogP contribution in [-0.2, 0) is 6.42 Å². The molecule has 1 unspecified atom stereocenters. The molecule has 1 aliphatic rings. The van der Waals surface area contributed by atoms with E-state index in [2.05, 4.69) is 52.8 Å². The van der Waals surface area contributed by atoms with Crippen LogP contribution in [0.1, 0.15) is 36.8 Å². The van der Waals surface area contributed by atoms with Gasteiger partial charge in [-0.15, -0.1) is 0 Å². The quantitative estimate of drug-likeness (QED) is 0.510. The number of methoxy groups -OCH3 is 2. The molecule has 4 rings (SSSR count). The van der Waals surface area contributed by atoms with Gasteiger partial charge in [0.25, 0.3) is 0 Å². The molecule has 0 spiro atoms. The molecule has 3 aromatic rings. The van der Waals surface area contributed by atoms with Gasteiger partial charge in [-0.1, -0.05) is 42.8 Å². The summed E-state index contributed by atoms with van der Waals surface area (Å²) < 4.78 is 11.2. The first-order chi connectivity index (χ1) is 14.3. The molecule has 2 heterocycles. The summed E-state index contributed by atoms with van der Waals surface area (Å²) in [7, 11) is 3.42. The molecule has 29 heavy (non-hydrogen) atoms. The summed E-state index contributed by atoms with van der Waals surface area (Å²) in [4.78, 5) is 3.30. The van der Waals surface area contributed by atoms with E-state index < -0.39 is 0 Å². The third-order valence-corrected chi connectivity index (χ3v) is 5.90. The van der Waals surface area contributed by atoms with Gasteiger partial charge in [-0.05, 0) is 42.9 Å². The highest BCUT2D eigenvalue weighted by Crippen LogP contribution is 2.38. The number of hydrogen-bond donors (Lipinski definition) is 2. The van der Waals surface area contributed by atoms with E-state index in [1.54, 1.807) is 14.2 Å². The number of unbranched alkanes of at least 4 members (excludes halogenated alkanes) is 1. The highest BCUT2D eigenvalue weighted by Gasteiger charge is 2.18. The second kappa shape index (κ2) is 9.19. The lowest BCUT2D eigenvalue weighted by Gasteiger charge is -2.24. The Morgan fingerprint density at radius 1 is 1.03 bits per heavy atom. The zero-order chi connectivity index (χ0) is 20.1. The first kappa shape index (κ1) is 19.6. The Kier molecular flexibility index (Phi) is 6.20. The molecule has 152 valence electrons. The Morgan fingerprint density at radius 2 is 1.90 bits per heavy atom. The number of aryl methyl sites for hydroxylation is 1. The fraction of sp³-hybridized carbons (Fsp3) is 0.360. The van der Waals surface area contributed by atoms with Crippen molar-refractivity contribution in [2.75, 3.05) is 20.8 Å². The maximum absolute atomic E-state index is 5.70. The third-order valence-electron chi connectivity index (χ3n) is 5.90. The van der Waals surface area contributed by atoms with Crippen LogP contribution in [-0.4, -0.2) is 31.8 Å². The summed E-state index contributed by atoms with van der Waals surface area (Å²) in [6, 6.07) is 15.4. The van der Waals surface area contributed by atoms with Crippen molar-refractivity contribution in [3.63, 3.8) is 0 Å². The monoisotopic (exact) mass is 390 g/mol. The minimum absolute atomic E-state index is 0.551. The minimum atomic E-state index is 0.551. The lowest BCUT2D eigenvalue weighted by molar-refractivity contribution is 0.352. The molecule has 0 amide bonds. The van der Waals surface area contributed by atoms with Crippen LogP contribution in [0, 0.1) is 0 Å². The Bertz CT molecular complexity index is 975. The van der Waals surface area contributed by atoms with Crippen LogP contribution in [0.3, 0.4) is 0 Å². The first-order valence-corrected chi connectivity index (χ1v) is 10.5. The molecule has 4 heteroatoms. The number of ether oxygens (including phenoxy) is 2. The van der Waals surface area contributed by atoms with Crippen molar-refractivity contribution in [2.45, 2.75) is 38.1 Å². The van der Waals surface area contributed by atoms with E-state index in [9.17, 15) is 0 Å². The van der Waals surface area contributed by atoms with Crippen LogP contribution in [0.4, 0.5) is 0 Å². The molecule has 0 aliphatic carbocycles. The Morgan fingerprint density at radius 3 is 2.69 bits per heavy atom. The van der Waals surface area contributed by atoms with Gasteiger partial charge < -0.3 is 19.8 Å². The topological polar surface area (TPSA) is 46.3 Å². The van der Waals surface area contributed by atoms with Gasteiger partial charge in [-0.2, -0.15) is 0 Å². The van der Waals surface area contributed by atoms with Crippen molar-refractivity contribution >= 4 is 16.5 Å². The summed E-state index contributed by atoms with van der Waals surface area (Å²) in [6.45, 7) is 0.961. The SMILES string of the molecule is COc1cc2[nH]ccc2c(CCCCC2CC(c3ccccc3)=CCN2)c1OC. The number of aromatic nitrogens is 1. The van der Waals surface area contributed by atoms with Crippen LogP contribution in [0.5, 0.6) is 11.5 Å². The first-order valence-electron chi connectivity index (χ1n) is 10.5. The lowest BCUT2D eigenvalue weighted by Crippen LogP contribution is -2.32. The molecular formula is C25H30N2O2. The number of aromatic amines is 1. The second-order valence-electron chi connectivity index (χ2n) is 7.68. The van der Waals surface area contributed by atoms with Crippen molar-refractivity contribution < 1.29 is 9.47 Å². The number of hydrogen-bond acceptors (Lipinski definition) is 3. The molecule has 1 aliphatic heterocycles. The van der Waals surface area contributed by atoms with Crippen molar-refractivity contribution in [2.24, 2.45) is 0 Å². The summed E-state index contributed by atoms with van der Waals surface area (Å²) in [5, 5.41) is 4.89. The maximum Gasteiger partial charge on any atom is 0.164 e. The zero-order valence-corrected chi connectivity index (χ0v) is 17.3. The van der Waals surface area contributed by atoms with Crippen molar-refractivity contribution in [3.8, 4) is 11.5 Å². The molecule has 1 aromatic heterocycles. The van der Waals surface area contributed by atoms with E-state index in [1.165, 1.54) is 34.9 Å². The molecule has 0 saturated carbocycles. The average Bonchev–Trinajstić information content (AvgIpc) is 3.25. The fourth-order valence-corrected chi connectivity index (χ4v) is 4.41. The summed E-state index contributed by atoms with van der Waals surface area (Å²) in [5.74, 6) is 1.66. The normalized spacial score (nSPS) is 16.6. The van der Waals surface area contributed by atoms with E-state index in [0.717, 1.165) is 42.8 Å². The fourth-order valence-electron chi connectivity index (χ4n) is 4.41. The van der Waals surface area contributed by atoms with E-state index in [-0.39, 0.29) is 0 Å². The molecule has 0 fully saturated rings. The highest BCUT2D eigenvalue weighted by atomic mass is 16.5. The van der Waals surface area contributed by atoms with Gasteiger partial charge in [-0.3, -0.25) is 0 Å². The molecule has 2 aromatic carbocycles. The van der Waals surface area contributed by atoms with Crippen LogP contribution in [0.15, 0.2) is 54.7 Å². The van der Waals surface area contributed by atoms with E-state index >= 15 is 0 Å².